The van der Waals surface area contributed by atoms with Gasteiger partial charge in [-0.25, -0.2) is 4.79 Å². The monoisotopic (exact) mass is 295 g/mol. The highest BCUT2D eigenvalue weighted by Crippen LogP contribution is 2.30. The van der Waals surface area contributed by atoms with Crippen LogP contribution in [0.1, 0.15) is 21.6 Å². The SMILES string of the molecule is COc1ccc2c(c1)c(C(=O)O)c(Cc1ccccc1)n2C. The Labute approximate surface area is 128 Å². The first kappa shape index (κ1) is 14.2. The van der Waals surface area contributed by atoms with Gasteiger partial charge in [0.05, 0.1) is 12.7 Å². The van der Waals surface area contributed by atoms with Gasteiger partial charge in [-0.15, -0.1) is 0 Å². The Morgan fingerprint density at radius 3 is 2.55 bits per heavy atom. The summed E-state index contributed by atoms with van der Waals surface area (Å²) in [4.78, 5) is 11.8. The number of hydrogen-bond donors (Lipinski definition) is 1. The number of benzene rings is 2. The third kappa shape index (κ3) is 2.33. The smallest absolute Gasteiger partial charge is 0.338 e. The maximum Gasteiger partial charge on any atom is 0.338 e. The van der Waals surface area contributed by atoms with Crippen molar-refractivity contribution in [1.82, 2.24) is 4.57 Å². The molecule has 0 atom stereocenters. The minimum Gasteiger partial charge on any atom is -0.497 e. The summed E-state index contributed by atoms with van der Waals surface area (Å²) in [6, 6.07) is 15.4. The van der Waals surface area contributed by atoms with Crippen molar-refractivity contribution in [2.24, 2.45) is 7.05 Å². The molecule has 0 bridgehead atoms. The molecule has 0 amide bonds. The zero-order chi connectivity index (χ0) is 15.7. The molecular formula is C18H17NO3. The van der Waals surface area contributed by atoms with Gasteiger partial charge in [-0.2, -0.15) is 0 Å². The fraction of sp³-hybridized carbons (Fsp3) is 0.167. The van der Waals surface area contributed by atoms with Crippen molar-refractivity contribution in [1.29, 1.82) is 0 Å². The molecule has 0 spiro atoms. The number of rotatable bonds is 4. The number of carboxylic acid groups (broad SMARTS) is 1. The highest BCUT2D eigenvalue weighted by atomic mass is 16.5. The third-order valence-corrected chi connectivity index (χ3v) is 3.96. The van der Waals surface area contributed by atoms with Crippen LogP contribution in [0.5, 0.6) is 5.75 Å². The molecule has 0 aliphatic rings. The number of ether oxygens (including phenoxy) is 1. The molecule has 3 aromatic rings. The van der Waals surface area contributed by atoms with Crippen LogP contribution in [-0.2, 0) is 13.5 Å². The van der Waals surface area contributed by atoms with Crippen LogP contribution in [0, 0.1) is 0 Å². The van der Waals surface area contributed by atoms with Crippen molar-refractivity contribution in [3.63, 3.8) is 0 Å². The van der Waals surface area contributed by atoms with Crippen LogP contribution in [0.3, 0.4) is 0 Å². The lowest BCUT2D eigenvalue weighted by Gasteiger charge is -2.06. The lowest BCUT2D eigenvalue weighted by Crippen LogP contribution is -2.05. The molecule has 0 radical (unpaired) electrons. The van der Waals surface area contributed by atoms with Crippen molar-refractivity contribution >= 4 is 16.9 Å². The van der Waals surface area contributed by atoms with Gasteiger partial charge in [-0.3, -0.25) is 0 Å². The Hall–Kier alpha value is -2.75. The Balaban J connectivity index is 2.22. The number of hydrogen-bond acceptors (Lipinski definition) is 2. The maximum atomic E-state index is 11.8. The fourth-order valence-corrected chi connectivity index (χ4v) is 2.84. The molecule has 3 rings (SSSR count). The van der Waals surface area contributed by atoms with E-state index in [1.165, 1.54) is 0 Å². The maximum absolute atomic E-state index is 11.8. The van der Waals surface area contributed by atoms with E-state index in [1.807, 2.05) is 54.1 Å². The van der Waals surface area contributed by atoms with Gasteiger partial charge >= 0.3 is 5.97 Å². The van der Waals surface area contributed by atoms with E-state index >= 15 is 0 Å². The van der Waals surface area contributed by atoms with E-state index in [2.05, 4.69) is 0 Å². The molecular weight excluding hydrogens is 278 g/mol. The van der Waals surface area contributed by atoms with Crippen molar-refractivity contribution in [3.05, 3.63) is 65.4 Å². The van der Waals surface area contributed by atoms with E-state index in [-0.39, 0.29) is 0 Å². The number of carbonyl (C=O) groups is 1. The predicted octanol–water partition coefficient (Wildman–Crippen LogP) is 3.48. The number of nitrogens with zero attached hydrogens (tertiary/aromatic N) is 1. The largest absolute Gasteiger partial charge is 0.497 e. The van der Waals surface area contributed by atoms with Crippen molar-refractivity contribution < 1.29 is 14.6 Å². The Bertz CT molecular complexity index is 834. The Morgan fingerprint density at radius 2 is 1.91 bits per heavy atom. The summed E-state index contributed by atoms with van der Waals surface area (Å²) in [7, 11) is 3.48. The lowest BCUT2D eigenvalue weighted by atomic mass is 10.0. The van der Waals surface area contributed by atoms with Crippen molar-refractivity contribution in [2.45, 2.75) is 6.42 Å². The molecule has 0 unspecified atom stereocenters. The van der Waals surface area contributed by atoms with Crippen molar-refractivity contribution in [2.75, 3.05) is 7.11 Å². The zero-order valence-electron chi connectivity index (χ0n) is 12.5. The minimum absolute atomic E-state index is 0.347. The predicted molar refractivity (Wildman–Crippen MR) is 85.7 cm³/mol. The highest BCUT2D eigenvalue weighted by Gasteiger charge is 2.21. The van der Waals surface area contributed by atoms with Crippen LogP contribution >= 0.6 is 0 Å². The molecule has 0 fully saturated rings. The van der Waals surface area contributed by atoms with Crippen LogP contribution in [0.15, 0.2) is 48.5 Å². The van der Waals surface area contributed by atoms with Crippen molar-refractivity contribution in [3.8, 4) is 5.75 Å². The van der Waals surface area contributed by atoms with Gasteiger partial charge in [-0.05, 0) is 23.8 Å². The number of fused-ring (bicyclic) bond motifs is 1. The molecule has 22 heavy (non-hydrogen) atoms. The second-order valence-electron chi connectivity index (χ2n) is 5.23. The molecule has 1 aromatic heterocycles. The van der Waals surface area contributed by atoms with Crippen LogP contribution in [0.4, 0.5) is 0 Å². The van der Waals surface area contributed by atoms with Crippen LogP contribution < -0.4 is 4.74 Å². The molecule has 4 heteroatoms. The number of carboxylic acids is 1. The highest BCUT2D eigenvalue weighted by molar-refractivity contribution is 6.05. The third-order valence-electron chi connectivity index (χ3n) is 3.96. The second kappa shape index (κ2) is 5.56. The van der Waals surface area contributed by atoms with Gasteiger partial charge in [0.2, 0.25) is 0 Å². The van der Waals surface area contributed by atoms with E-state index in [0.29, 0.717) is 23.1 Å². The number of methoxy groups -OCH3 is 1. The molecule has 0 aliphatic carbocycles. The molecule has 1 heterocycles. The summed E-state index contributed by atoms with van der Waals surface area (Å²) in [5.74, 6) is -0.253. The standard InChI is InChI=1S/C18H17NO3/c1-19-15-9-8-13(22-2)11-14(15)17(18(20)21)16(19)10-12-6-4-3-5-7-12/h3-9,11H,10H2,1-2H3,(H,20,21). The molecule has 0 aliphatic heterocycles. The zero-order valence-corrected chi connectivity index (χ0v) is 12.5. The summed E-state index contributed by atoms with van der Waals surface area (Å²) in [5.41, 5.74) is 3.12. The first-order chi connectivity index (χ1) is 10.6. The second-order valence-corrected chi connectivity index (χ2v) is 5.23. The summed E-state index contributed by atoms with van der Waals surface area (Å²) in [5, 5.41) is 10.4. The average molecular weight is 295 g/mol. The topological polar surface area (TPSA) is 51.5 Å². The average Bonchev–Trinajstić information content (AvgIpc) is 2.80. The molecule has 4 nitrogen and oxygen atoms in total. The summed E-state index contributed by atoms with van der Waals surface area (Å²) in [6.45, 7) is 0. The first-order valence-corrected chi connectivity index (χ1v) is 7.04. The molecule has 1 N–H and O–H groups in total. The first-order valence-electron chi connectivity index (χ1n) is 7.04. The quantitative estimate of drug-likeness (QED) is 0.801. The van der Waals surface area contributed by atoms with E-state index < -0.39 is 5.97 Å². The Kier molecular flexibility index (Phi) is 3.59. The van der Waals surface area contributed by atoms with Crippen LogP contribution in [0.2, 0.25) is 0 Å². The van der Waals surface area contributed by atoms with E-state index in [4.69, 9.17) is 4.74 Å². The molecule has 2 aromatic carbocycles. The van der Waals surface area contributed by atoms with Gasteiger partial charge < -0.3 is 14.4 Å². The summed E-state index contributed by atoms with van der Waals surface area (Å²) >= 11 is 0. The normalized spacial score (nSPS) is 10.8. The fourth-order valence-electron chi connectivity index (χ4n) is 2.84. The number of aromatic carboxylic acids is 1. The summed E-state index contributed by atoms with van der Waals surface area (Å²) < 4.78 is 7.17. The van der Waals surface area contributed by atoms with E-state index in [1.54, 1.807) is 13.2 Å². The lowest BCUT2D eigenvalue weighted by molar-refractivity contribution is 0.0697. The van der Waals surface area contributed by atoms with E-state index in [9.17, 15) is 9.90 Å². The molecule has 112 valence electrons. The van der Waals surface area contributed by atoms with Gasteiger partial charge in [0.25, 0.3) is 0 Å². The van der Waals surface area contributed by atoms with Gasteiger partial charge in [0, 0.05) is 30.1 Å². The van der Waals surface area contributed by atoms with E-state index in [0.717, 1.165) is 16.8 Å². The van der Waals surface area contributed by atoms with Gasteiger partial charge in [0.15, 0.2) is 0 Å². The Morgan fingerprint density at radius 1 is 1.18 bits per heavy atom. The van der Waals surface area contributed by atoms with Gasteiger partial charge in [0.1, 0.15) is 5.75 Å². The van der Waals surface area contributed by atoms with Crippen LogP contribution in [0.25, 0.3) is 10.9 Å². The number of aryl methyl sites for hydroxylation is 1. The summed E-state index contributed by atoms with van der Waals surface area (Å²) in [6.07, 6.45) is 0.579. The minimum atomic E-state index is -0.912. The molecule has 0 saturated carbocycles. The van der Waals surface area contributed by atoms with Gasteiger partial charge in [-0.1, -0.05) is 30.3 Å². The van der Waals surface area contributed by atoms with Crippen LogP contribution in [-0.4, -0.2) is 22.8 Å². The molecule has 0 saturated heterocycles. The number of aromatic nitrogens is 1.